The van der Waals surface area contributed by atoms with Gasteiger partial charge in [-0.3, -0.25) is 0 Å². The van der Waals surface area contributed by atoms with Crippen LogP contribution in [-0.2, 0) is 10.1 Å². The van der Waals surface area contributed by atoms with Crippen molar-refractivity contribution in [2.75, 3.05) is 6.61 Å². The first-order valence-corrected chi connectivity index (χ1v) is 8.86. The number of alkyl halides is 1. The summed E-state index contributed by atoms with van der Waals surface area (Å²) in [6.45, 7) is 0.642. The fourth-order valence-corrected chi connectivity index (χ4v) is 4.01. The van der Waals surface area contributed by atoms with E-state index in [4.69, 9.17) is 21.1 Å². The summed E-state index contributed by atoms with van der Waals surface area (Å²) in [5, 5.41) is 1.49. The molecule has 2 nitrogen and oxygen atoms in total. The van der Waals surface area contributed by atoms with Crippen molar-refractivity contribution in [1.82, 2.24) is 0 Å². The van der Waals surface area contributed by atoms with Gasteiger partial charge in [0.05, 0.1) is 11.7 Å². The number of rotatable bonds is 4. The number of hydrogen-bond acceptors (Lipinski definition) is 2. The highest BCUT2D eigenvalue weighted by Gasteiger charge is 2.42. The minimum Gasteiger partial charge on any atom is -0.491 e. The molecule has 3 rings (SSSR count). The molecule has 0 N–H and O–H groups in total. The first-order valence-electron chi connectivity index (χ1n) is 7.36. The second-order valence-electron chi connectivity index (χ2n) is 5.87. The van der Waals surface area contributed by atoms with Crippen LogP contribution in [0.4, 0.5) is 0 Å². The van der Waals surface area contributed by atoms with Gasteiger partial charge >= 0.3 is 0 Å². The fourth-order valence-electron chi connectivity index (χ4n) is 3.38. The quantitative estimate of drug-likeness (QED) is 0.696. The summed E-state index contributed by atoms with van der Waals surface area (Å²) in [7, 11) is 0. The van der Waals surface area contributed by atoms with Gasteiger partial charge in [-0.15, -0.1) is 0 Å². The van der Waals surface area contributed by atoms with Crippen molar-refractivity contribution in [3.63, 3.8) is 0 Å². The van der Waals surface area contributed by atoms with Crippen LogP contribution in [0.25, 0.3) is 0 Å². The number of ether oxygens (including phenoxy) is 2. The summed E-state index contributed by atoms with van der Waals surface area (Å²) in [6.07, 6.45) is 7.67. The van der Waals surface area contributed by atoms with Gasteiger partial charge in [0.25, 0.3) is 0 Å². The van der Waals surface area contributed by atoms with Gasteiger partial charge in [-0.2, -0.15) is 0 Å². The molecule has 110 valence electrons. The lowest BCUT2D eigenvalue weighted by molar-refractivity contribution is -0.0509. The van der Waals surface area contributed by atoms with Crippen LogP contribution in [0.3, 0.4) is 0 Å². The molecule has 0 radical (unpaired) electrons. The minimum absolute atomic E-state index is 0.187. The molecule has 1 saturated carbocycles. The predicted octanol–water partition coefficient (Wildman–Crippen LogP) is 5.11. The molecular weight excluding hydrogens is 340 g/mol. The Balaban J connectivity index is 1.57. The maximum atomic E-state index is 6.27. The highest BCUT2D eigenvalue weighted by molar-refractivity contribution is 9.08. The monoisotopic (exact) mass is 358 g/mol. The van der Waals surface area contributed by atoms with E-state index in [9.17, 15) is 0 Å². The van der Waals surface area contributed by atoms with Crippen molar-refractivity contribution in [3.05, 3.63) is 28.8 Å². The van der Waals surface area contributed by atoms with Gasteiger partial charge in [-0.25, -0.2) is 0 Å². The molecule has 2 aliphatic rings. The van der Waals surface area contributed by atoms with Gasteiger partial charge in [0.2, 0.25) is 0 Å². The average Bonchev–Trinajstić information content (AvgIpc) is 3.08. The molecule has 1 aromatic carbocycles. The molecule has 1 atom stereocenters. The summed E-state index contributed by atoms with van der Waals surface area (Å²) in [4.78, 5) is 0. The van der Waals surface area contributed by atoms with Gasteiger partial charge in [0, 0.05) is 15.9 Å². The van der Waals surface area contributed by atoms with Gasteiger partial charge < -0.3 is 9.47 Å². The summed E-state index contributed by atoms with van der Waals surface area (Å²) >= 11 is 9.48. The van der Waals surface area contributed by atoms with E-state index in [1.807, 2.05) is 18.2 Å². The number of hydrogen-bond donors (Lipinski definition) is 0. The van der Waals surface area contributed by atoms with E-state index in [2.05, 4.69) is 15.9 Å². The Morgan fingerprint density at radius 1 is 1.30 bits per heavy atom. The van der Waals surface area contributed by atoms with E-state index < -0.39 is 0 Å². The fraction of sp³-hybridized carbons (Fsp3) is 0.625. The van der Waals surface area contributed by atoms with Crippen LogP contribution in [0.1, 0.15) is 44.1 Å². The molecule has 1 saturated heterocycles. The van der Waals surface area contributed by atoms with E-state index in [1.165, 1.54) is 32.1 Å². The minimum atomic E-state index is 0.187. The highest BCUT2D eigenvalue weighted by Crippen LogP contribution is 2.43. The number of halogens is 2. The maximum Gasteiger partial charge on any atom is 0.123 e. The molecule has 1 aliphatic carbocycles. The maximum absolute atomic E-state index is 6.27. The van der Waals surface area contributed by atoms with Gasteiger partial charge in [-0.05, 0) is 43.9 Å². The van der Waals surface area contributed by atoms with Crippen LogP contribution in [0.2, 0.25) is 5.02 Å². The summed E-state index contributed by atoms with van der Waals surface area (Å²) in [5.41, 5.74) is 1.28. The Morgan fingerprint density at radius 2 is 2.10 bits per heavy atom. The molecule has 1 heterocycles. The second kappa shape index (κ2) is 6.25. The lowest BCUT2D eigenvalue weighted by Gasteiger charge is -2.24. The van der Waals surface area contributed by atoms with Crippen LogP contribution < -0.4 is 4.74 Å². The smallest absolute Gasteiger partial charge is 0.123 e. The SMILES string of the molecule is Clc1ccc(OCC2CCC3(CCCC3)O2)c(CBr)c1. The van der Waals surface area contributed by atoms with Crippen molar-refractivity contribution in [2.24, 2.45) is 0 Å². The van der Waals surface area contributed by atoms with Crippen LogP contribution in [0.5, 0.6) is 5.75 Å². The Labute approximate surface area is 133 Å². The molecule has 2 fully saturated rings. The Hall–Kier alpha value is -0.250. The lowest BCUT2D eigenvalue weighted by Crippen LogP contribution is -2.27. The summed E-state index contributed by atoms with van der Waals surface area (Å²) < 4.78 is 12.2. The Bertz CT molecular complexity index is 472. The van der Waals surface area contributed by atoms with Crippen molar-refractivity contribution in [1.29, 1.82) is 0 Å². The molecule has 1 aromatic rings. The molecule has 0 bridgehead atoms. The molecule has 1 spiro atoms. The zero-order chi connectivity index (χ0) is 14.0. The standard InChI is InChI=1S/C16H20BrClO2/c17-10-12-9-13(18)3-4-15(12)19-11-14-5-8-16(20-14)6-1-2-7-16/h3-4,9,14H,1-2,5-8,10-11H2. The van der Waals surface area contributed by atoms with Gasteiger partial charge in [0.15, 0.2) is 0 Å². The first-order chi connectivity index (χ1) is 9.71. The molecule has 4 heteroatoms. The van der Waals surface area contributed by atoms with Crippen molar-refractivity contribution >= 4 is 27.5 Å². The zero-order valence-corrected chi connectivity index (χ0v) is 13.9. The van der Waals surface area contributed by atoms with Gasteiger partial charge in [0.1, 0.15) is 12.4 Å². The third-order valence-electron chi connectivity index (χ3n) is 4.44. The van der Waals surface area contributed by atoms with Crippen LogP contribution in [-0.4, -0.2) is 18.3 Å². The predicted molar refractivity (Wildman–Crippen MR) is 84.9 cm³/mol. The zero-order valence-electron chi connectivity index (χ0n) is 11.5. The number of benzene rings is 1. The lowest BCUT2D eigenvalue weighted by atomic mass is 9.98. The molecular formula is C16H20BrClO2. The first kappa shape index (κ1) is 14.7. The summed E-state index contributed by atoms with van der Waals surface area (Å²) in [6, 6.07) is 5.76. The van der Waals surface area contributed by atoms with Crippen LogP contribution in [0, 0.1) is 0 Å². The Kier molecular flexibility index (Phi) is 4.58. The van der Waals surface area contributed by atoms with Crippen molar-refractivity contribution < 1.29 is 9.47 Å². The van der Waals surface area contributed by atoms with Gasteiger partial charge in [-0.1, -0.05) is 40.4 Å². The largest absolute Gasteiger partial charge is 0.491 e. The molecule has 1 aliphatic heterocycles. The molecule has 0 amide bonds. The summed E-state index contributed by atoms with van der Waals surface area (Å²) in [5.74, 6) is 0.905. The van der Waals surface area contributed by atoms with Crippen LogP contribution in [0.15, 0.2) is 18.2 Å². The molecule has 0 aromatic heterocycles. The molecule has 1 unspecified atom stereocenters. The van der Waals surface area contributed by atoms with E-state index in [0.717, 1.165) is 28.1 Å². The third-order valence-corrected chi connectivity index (χ3v) is 5.28. The molecule has 20 heavy (non-hydrogen) atoms. The third kappa shape index (κ3) is 3.15. The second-order valence-corrected chi connectivity index (χ2v) is 6.86. The Morgan fingerprint density at radius 3 is 2.85 bits per heavy atom. The van der Waals surface area contributed by atoms with E-state index in [1.54, 1.807) is 0 Å². The highest BCUT2D eigenvalue weighted by atomic mass is 79.9. The topological polar surface area (TPSA) is 18.5 Å². The average molecular weight is 360 g/mol. The van der Waals surface area contributed by atoms with E-state index in [-0.39, 0.29) is 11.7 Å². The van der Waals surface area contributed by atoms with E-state index in [0.29, 0.717) is 6.61 Å². The van der Waals surface area contributed by atoms with Crippen molar-refractivity contribution in [2.45, 2.75) is 55.6 Å². The van der Waals surface area contributed by atoms with Crippen molar-refractivity contribution in [3.8, 4) is 5.75 Å². The normalized spacial score (nSPS) is 24.4. The van der Waals surface area contributed by atoms with E-state index >= 15 is 0 Å². The van der Waals surface area contributed by atoms with Crippen LogP contribution >= 0.6 is 27.5 Å².